The van der Waals surface area contributed by atoms with Crippen LogP contribution in [0.1, 0.15) is 36.2 Å². The van der Waals surface area contributed by atoms with Crippen LogP contribution < -0.4 is 9.47 Å². The summed E-state index contributed by atoms with van der Waals surface area (Å²) >= 11 is 0. The van der Waals surface area contributed by atoms with Gasteiger partial charge in [-0.3, -0.25) is 4.90 Å². The van der Waals surface area contributed by atoms with Crippen LogP contribution >= 0.6 is 0 Å². The molecular weight excluding hydrogens is 354 g/mol. The Hall–Kier alpha value is -2.93. The van der Waals surface area contributed by atoms with Gasteiger partial charge in [-0.05, 0) is 50.6 Å². The van der Waals surface area contributed by atoms with E-state index in [0.29, 0.717) is 5.88 Å². The van der Waals surface area contributed by atoms with Crippen molar-refractivity contribution >= 4 is 0 Å². The van der Waals surface area contributed by atoms with Gasteiger partial charge in [-0.1, -0.05) is 0 Å². The van der Waals surface area contributed by atoms with Crippen molar-refractivity contribution in [1.82, 2.24) is 24.4 Å². The minimum absolute atomic E-state index is 0.176. The van der Waals surface area contributed by atoms with E-state index >= 15 is 0 Å². The average Bonchev–Trinajstić information content (AvgIpc) is 3.31. The number of methoxy groups -OCH3 is 1. The summed E-state index contributed by atoms with van der Waals surface area (Å²) in [6.45, 7) is 3.79. The molecule has 0 radical (unpaired) electrons. The number of rotatable bonds is 6. The zero-order valence-corrected chi connectivity index (χ0v) is 16.5. The molecule has 0 N–H and O–H groups in total. The molecule has 2 aromatic heterocycles. The van der Waals surface area contributed by atoms with Crippen molar-refractivity contribution in [2.75, 3.05) is 13.7 Å². The lowest BCUT2D eigenvalue weighted by Crippen LogP contribution is -2.26. The van der Waals surface area contributed by atoms with E-state index in [1.54, 1.807) is 7.11 Å². The maximum atomic E-state index is 5.98. The van der Waals surface area contributed by atoms with Crippen LogP contribution in [0.5, 0.6) is 17.4 Å². The Kier molecular flexibility index (Phi) is 5.25. The third-order valence-corrected chi connectivity index (χ3v) is 5.06. The van der Waals surface area contributed by atoms with Crippen LogP contribution in [-0.4, -0.2) is 38.1 Å². The number of aryl methyl sites for hydroxylation is 2. The molecule has 1 saturated heterocycles. The van der Waals surface area contributed by atoms with Crippen molar-refractivity contribution in [1.29, 1.82) is 0 Å². The molecule has 0 bridgehead atoms. The van der Waals surface area contributed by atoms with E-state index in [9.17, 15) is 0 Å². The lowest BCUT2D eigenvalue weighted by molar-refractivity contribution is 0.230. The van der Waals surface area contributed by atoms with Gasteiger partial charge in [0.2, 0.25) is 5.88 Å². The summed E-state index contributed by atoms with van der Waals surface area (Å²) < 4.78 is 13.2. The highest BCUT2D eigenvalue weighted by Crippen LogP contribution is 2.32. The van der Waals surface area contributed by atoms with E-state index in [-0.39, 0.29) is 6.04 Å². The molecular formula is C21H25N5O2. The first kappa shape index (κ1) is 18.4. The molecule has 0 saturated carbocycles. The third-order valence-electron chi connectivity index (χ3n) is 5.06. The van der Waals surface area contributed by atoms with Gasteiger partial charge in [0.25, 0.3) is 0 Å². The van der Waals surface area contributed by atoms with Crippen molar-refractivity contribution in [2.24, 2.45) is 7.05 Å². The molecule has 0 spiro atoms. The Bertz CT molecular complexity index is 938. The van der Waals surface area contributed by atoms with Gasteiger partial charge in [-0.2, -0.15) is 4.98 Å². The zero-order chi connectivity index (χ0) is 19.5. The normalized spacial score (nSPS) is 17.0. The Morgan fingerprint density at radius 1 is 1.14 bits per heavy atom. The molecule has 7 heteroatoms. The standard InChI is InChI=1S/C21H25N5O2/c1-15-13-20(28-17-8-6-16(27-3)7-9-17)24-21(23-15)18-5-4-11-26(18)14-19-22-10-12-25(19)2/h6-10,12-13,18H,4-5,11,14H2,1-3H3. The number of ether oxygens (including phenoxy) is 2. The number of nitrogens with zero attached hydrogens (tertiary/aromatic N) is 5. The molecule has 3 aromatic rings. The third kappa shape index (κ3) is 3.99. The van der Waals surface area contributed by atoms with E-state index in [4.69, 9.17) is 19.4 Å². The van der Waals surface area contributed by atoms with Crippen LogP contribution in [0.25, 0.3) is 0 Å². The smallest absolute Gasteiger partial charge is 0.222 e. The maximum Gasteiger partial charge on any atom is 0.222 e. The van der Waals surface area contributed by atoms with Crippen LogP contribution in [0.2, 0.25) is 0 Å². The Labute approximate surface area is 165 Å². The van der Waals surface area contributed by atoms with Crippen LogP contribution in [0.3, 0.4) is 0 Å². The molecule has 0 amide bonds. The number of benzene rings is 1. The number of imidazole rings is 1. The number of hydrogen-bond acceptors (Lipinski definition) is 6. The highest BCUT2D eigenvalue weighted by molar-refractivity contribution is 5.34. The summed E-state index contributed by atoms with van der Waals surface area (Å²) in [4.78, 5) is 16.3. The lowest BCUT2D eigenvalue weighted by atomic mass is 10.2. The van der Waals surface area contributed by atoms with Crippen molar-refractivity contribution in [3.8, 4) is 17.4 Å². The fourth-order valence-electron chi connectivity index (χ4n) is 3.57. The van der Waals surface area contributed by atoms with Gasteiger partial charge < -0.3 is 14.0 Å². The minimum atomic E-state index is 0.176. The topological polar surface area (TPSA) is 65.3 Å². The second kappa shape index (κ2) is 7.98. The molecule has 1 aromatic carbocycles. The SMILES string of the molecule is COc1ccc(Oc2cc(C)nc(C3CCCN3Cc3nccn3C)n2)cc1. The molecule has 1 unspecified atom stereocenters. The van der Waals surface area contributed by atoms with Crippen LogP contribution in [0.15, 0.2) is 42.7 Å². The zero-order valence-electron chi connectivity index (χ0n) is 16.5. The molecule has 1 aliphatic heterocycles. The second-order valence-electron chi connectivity index (χ2n) is 7.07. The highest BCUT2D eigenvalue weighted by atomic mass is 16.5. The van der Waals surface area contributed by atoms with Crippen LogP contribution in [-0.2, 0) is 13.6 Å². The second-order valence-corrected chi connectivity index (χ2v) is 7.07. The monoisotopic (exact) mass is 379 g/mol. The maximum absolute atomic E-state index is 5.98. The van der Waals surface area contributed by atoms with Crippen molar-refractivity contribution < 1.29 is 9.47 Å². The molecule has 1 aliphatic rings. The number of hydrogen-bond donors (Lipinski definition) is 0. The van der Waals surface area contributed by atoms with Gasteiger partial charge in [0.05, 0.1) is 19.7 Å². The van der Waals surface area contributed by atoms with Crippen molar-refractivity contribution in [3.63, 3.8) is 0 Å². The average molecular weight is 379 g/mol. The molecule has 7 nitrogen and oxygen atoms in total. The Morgan fingerprint density at radius 2 is 1.93 bits per heavy atom. The molecule has 1 atom stereocenters. The van der Waals surface area contributed by atoms with Gasteiger partial charge in [-0.25, -0.2) is 9.97 Å². The summed E-state index contributed by atoms with van der Waals surface area (Å²) in [5.74, 6) is 3.95. The Balaban J connectivity index is 1.54. The number of likely N-dealkylation sites (tertiary alicyclic amines) is 1. The van der Waals surface area contributed by atoms with E-state index in [2.05, 4.69) is 14.5 Å². The van der Waals surface area contributed by atoms with E-state index in [0.717, 1.165) is 54.8 Å². The fraction of sp³-hybridized carbons (Fsp3) is 0.381. The van der Waals surface area contributed by atoms with Gasteiger partial charge in [-0.15, -0.1) is 0 Å². The summed E-state index contributed by atoms with van der Waals surface area (Å²) in [6.07, 6.45) is 5.98. The van der Waals surface area contributed by atoms with E-state index < -0.39 is 0 Å². The number of aromatic nitrogens is 4. The largest absolute Gasteiger partial charge is 0.497 e. The van der Waals surface area contributed by atoms with Crippen molar-refractivity contribution in [2.45, 2.75) is 32.4 Å². The predicted octanol–water partition coefficient (Wildman–Crippen LogP) is 3.66. The quantitative estimate of drug-likeness (QED) is 0.651. The molecule has 28 heavy (non-hydrogen) atoms. The molecule has 1 fully saturated rings. The van der Waals surface area contributed by atoms with E-state index in [1.807, 2.05) is 56.7 Å². The summed E-state index contributed by atoms with van der Waals surface area (Å²) in [6, 6.07) is 9.53. The highest BCUT2D eigenvalue weighted by Gasteiger charge is 2.29. The first-order valence-electron chi connectivity index (χ1n) is 9.50. The van der Waals surface area contributed by atoms with E-state index in [1.165, 1.54) is 0 Å². The van der Waals surface area contributed by atoms with Crippen LogP contribution in [0.4, 0.5) is 0 Å². The Morgan fingerprint density at radius 3 is 2.64 bits per heavy atom. The van der Waals surface area contributed by atoms with Gasteiger partial charge in [0.15, 0.2) is 0 Å². The lowest BCUT2D eigenvalue weighted by Gasteiger charge is -2.23. The van der Waals surface area contributed by atoms with Crippen LogP contribution in [0, 0.1) is 6.92 Å². The summed E-state index contributed by atoms with van der Waals surface area (Å²) in [5.41, 5.74) is 0.900. The fourth-order valence-corrected chi connectivity index (χ4v) is 3.57. The summed E-state index contributed by atoms with van der Waals surface area (Å²) in [5, 5.41) is 0. The molecule has 3 heterocycles. The van der Waals surface area contributed by atoms with Gasteiger partial charge in [0.1, 0.15) is 23.1 Å². The van der Waals surface area contributed by atoms with Crippen molar-refractivity contribution in [3.05, 3.63) is 60.1 Å². The van der Waals surface area contributed by atoms with Gasteiger partial charge in [0, 0.05) is 31.2 Å². The minimum Gasteiger partial charge on any atom is -0.497 e. The predicted molar refractivity (Wildman–Crippen MR) is 105 cm³/mol. The molecule has 146 valence electrons. The summed E-state index contributed by atoms with van der Waals surface area (Å²) in [7, 11) is 3.67. The first-order valence-corrected chi connectivity index (χ1v) is 9.50. The van der Waals surface area contributed by atoms with Gasteiger partial charge >= 0.3 is 0 Å². The molecule has 0 aliphatic carbocycles. The first-order chi connectivity index (χ1) is 13.6. The molecule has 4 rings (SSSR count).